The van der Waals surface area contributed by atoms with E-state index in [9.17, 15) is 4.57 Å². The van der Waals surface area contributed by atoms with Crippen molar-refractivity contribution in [3.05, 3.63) is 225 Å². The maximum absolute atomic E-state index is 14.8. The molecule has 0 saturated carbocycles. The smallest absolute Gasteiger partial charge is 0.170 e. The Morgan fingerprint density at radius 2 is 1.03 bits per heavy atom. The molecule has 4 nitrogen and oxygen atoms in total. The second kappa shape index (κ2) is 14.8. The number of hydrogen-bond donors (Lipinski definition) is 0. The van der Waals surface area contributed by atoms with Gasteiger partial charge in [0.25, 0.3) is 0 Å². The standard InChI is InChI=1S/C54H38N3OP/c1-3-12-46(4-2)59(58,47-15-6-5-7-16-47)48-32-29-39(30-33-48)38-23-26-42(27-24-38)53-55-50-34-31-45(36-49(50)54-56-51-17-10-11-18-52(51)57(53)54)41-21-19-40(20-22-41)44-28-25-37-13-8-9-14-43(37)35-44/h3-36H,1-2H2/b46-12+. The molecule has 5 heteroatoms. The SMILES string of the molecule is C=C/C=C(\C=C)P(=O)(c1ccccc1)c1ccc(-c2ccc(-c3nc4ccc(-c5ccc(-c6ccc7ccccc7c6)cc5)cc4c4nc5ccccc5n34)cc2)cc1. The molecular formula is C54H38N3OP. The highest BCUT2D eigenvalue weighted by atomic mass is 31.2. The lowest BCUT2D eigenvalue weighted by molar-refractivity contribution is 0.591. The molecule has 0 radical (unpaired) electrons. The van der Waals surface area contributed by atoms with Gasteiger partial charge >= 0.3 is 0 Å². The van der Waals surface area contributed by atoms with Gasteiger partial charge in [0.1, 0.15) is 11.5 Å². The summed E-state index contributed by atoms with van der Waals surface area (Å²) in [6, 6.07) is 64.7. The molecular weight excluding hydrogens is 738 g/mol. The van der Waals surface area contributed by atoms with E-state index in [2.05, 4.69) is 139 Å². The summed E-state index contributed by atoms with van der Waals surface area (Å²) in [7, 11) is -3.15. The lowest BCUT2D eigenvalue weighted by Gasteiger charge is -2.21. The minimum Gasteiger partial charge on any atom is -0.309 e. The summed E-state index contributed by atoms with van der Waals surface area (Å²) in [4.78, 5) is 10.5. The van der Waals surface area contributed by atoms with Crippen LogP contribution in [0.25, 0.3) is 83.1 Å². The molecule has 0 aliphatic carbocycles. The van der Waals surface area contributed by atoms with E-state index in [0.29, 0.717) is 5.31 Å². The second-order valence-electron chi connectivity index (χ2n) is 14.7. The Morgan fingerprint density at radius 3 is 1.73 bits per heavy atom. The number of aromatic nitrogens is 3. The third kappa shape index (κ3) is 6.32. The van der Waals surface area contributed by atoms with Crippen molar-refractivity contribution < 1.29 is 4.57 Å². The predicted molar refractivity (Wildman–Crippen MR) is 249 cm³/mol. The van der Waals surface area contributed by atoms with Gasteiger partial charge in [0.15, 0.2) is 7.14 Å². The van der Waals surface area contributed by atoms with Gasteiger partial charge in [-0.25, -0.2) is 9.97 Å². The van der Waals surface area contributed by atoms with Gasteiger partial charge in [0.2, 0.25) is 0 Å². The molecule has 0 amide bonds. The van der Waals surface area contributed by atoms with E-state index in [1.54, 1.807) is 18.2 Å². The average Bonchev–Trinajstić information content (AvgIpc) is 3.71. The first kappa shape index (κ1) is 36.0. The van der Waals surface area contributed by atoms with Crippen LogP contribution in [0.2, 0.25) is 0 Å². The van der Waals surface area contributed by atoms with Crippen molar-refractivity contribution in [3.8, 4) is 44.8 Å². The second-order valence-corrected chi connectivity index (χ2v) is 17.4. The first-order valence-corrected chi connectivity index (χ1v) is 21.4. The summed E-state index contributed by atoms with van der Waals surface area (Å²) < 4.78 is 17.0. The van der Waals surface area contributed by atoms with Crippen LogP contribution in [0.15, 0.2) is 225 Å². The largest absolute Gasteiger partial charge is 0.309 e. The molecule has 10 aromatic rings. The van der Waals surface area contributed by atoms with Crippen LogP contribution in [-0.2, 0) is 4.57 Å². The van der Waals surface area contributed by atoms with Crippen LogP contribution in [0, 0.1) is 0 Å². The molecule has 0 aliphatic rings. The van der Waals surface area contributed by atoms with E-state index in [0.717, 1.165) is 71.8 Å². The maximum Gasteiger partial charge on any atom is 0.170 e. The zero-order valence-electron chi connectivity index (χ0n) is 32.2. The Hall–Kier alpha value is -7.39. The summed E-state index contributed by atoms with van der Waals surface area (Å²) in [5.41, 5.74) is 11.3. The first-order valence-electron chi connectivity index (χ1n) is 19.7. The Morgan fingerprint density at radius 1 is 0.492 bits per heavy atom. The predicted octanol–water partition coefficient (Wildman–Crippen LogP) is 13.4. The van der Waals surface area contributed by atoms with Crippen LogP contribution in [0.4, 0.5) is 0 Å². The number of allylic oxidation sites excluding steroid dienone is 4. The van der Waals surface area contributed by atoms with E-state index in [1.165, 1.54) is 21.9 Å². The highest BCUT2D eigenvalue weighted by Crippen LogP contribution is 2.52. The van der Waals surface area contributed by atoms with Gasteiger partial charge in [-0.2, -0.15) is 0 Å². The van der Waals surface area contributed by atoms with Crippen molar-refractivity contribution in [1.82, 2.24) is 14.4 Å². The molecule has 8 aromatic carbocycles. The molecule has 0 fully saturated rings. The quantitative estimate of drug-likeness (QED) is 0.108. The zero-order chi connectivity index (χ0) is 39.9. The van der Waals surface area contributed by atoms with Crippen LogP contribution in [-0.4, -0.2) is 14.4 Å². The number of hydrogen-bond acceptors (Lipinski definition) is 3. The number of rotatable bonds is 9. The van der Waals surface area contributed by atoms with Gasteiger partial charge in [0.05, 0.1) is 16.6 Å². The molecule has 1 unspecified atom stereocenters. The van der Waals surface area contributed by atoms with Gasteiger partial charge in [-0.05, 0) is 74.5 Å². The number of imidazole rings is 1. The molecule has 2 heterocycles. The van der Waals surface area contributed by atoms with Crippen molar-refractivity contribution >= 4 is 56.1 Å². The molecule has 0 N–H and O–H groups in total. The topological polar surface area (TPSA) is 47.3 Å². The highest BCUT2D eigenvalue weighted by molar-refractivity contribution is 7.82. The zero-order valence-corrected chi connectivity index (χ0v) is 33.1. The van der Waals surface area contributed by atoms with Gasteiger partial charge < -0.3 is 4.57 Å². The van der Waals surface area contributed by atoms with Gasteiger partial charge in [-0.1, -0.05) is 189 Å². The Bertz CT molecular complexity index is 3310. The van der Waals surface area contributed by atoms with Crippen LogP contribution in [0.3, 0.4) is 0 Å². The number of para-hydroxylation sites is 2. The summed E-state index contributed by atoms with van der Waals surface area (Å²) in [6.45, 7) is 7.83. The number of nitrogens with zero attached hydrogens (tertiary/aromatic N) is 3. The van der Waals surface area contributed by atoms with E-state index in [-0.39, 0.29) is 0 Å². The number of fused-ring (bicyclic) bond motifs is 6. The summed E-state index contributed by atoms with van der Waals surface area (Å²) >= 11 is 0. The molecule has 0 spiro atoms. The molecule has 10 rings (SSSR count). The normalized spacial score (nSPS) is 12.8. The van der Waals surface area contributed by atoms with Crippen LogP contribution >= 0.6 is 7.14 Å². The highest BCUT2D eigenvalue weighted by Gasteiger charge is 2.30. The summed E-state index contributed by atoms with van der Waals surface area (Å²) in [6.07, 6.45) is 5.13. The third-order valence-corrected chi connectivity index (χ3v) is 14.3. The van der Waals surface area contributed by atoms with E-state index in [4.69, 9.17) is 9.97 Å². The Balaban J connectivity index is 1.00. The van der Waals surface area contributed by atoms with Gasteiger partial charge in [-0.3, -0.25) is 4.40 Å². The van der Waals surface area contributed by atoms with E-state index >= 15 is 0 Å². The number of benzene rings is 8. The first-order chi connectivity index (χ1) is 29.0. The molecule has 2 aromatic heterocycles. The monoisotopic (exact) mass is 775 g/mol. The summed E-state index contributed by atoms with van der Waals surface area (Å²) in [5, 5.41) is 5.63. The third-order valence-electron chi connectivity index (χ3n) is 11.2. The lowest BCUT2D eigenvalue weighted by atomic mass is 9.98. The van der Waals surface area contributed by atoms with Crippen LogP contribution < -0.4 is 10.6 Å². The molecule has 0 aliphatic heterocycles. The average molecular weight is 776 g/mol. The van der Waals surface area contributed by atoms with Crippen molar-refractivity contribution in [1.29, 1.82) is 0 Å². The van der Waals surface area contributed by atoms with Gasteiger partial charge in [0, 0.05) is 26.9 Å². The molecule has 280 valence electrons. The van der Waals surface area contributed by atoms with Crippen LogP contribution in [0.1, 0.15) is 0 Å². The Labute approximate surface area is 343 Å². The Kier molecular flexibility index (Phi) is 9.05. The minimum absolute atomic E-state index is 0.653. The fraction of sp³-hybridized carbons (Fsp3) is 0. The van der Waals surface area contributed by atoms with E-state index < -0.39 is 7.14 Å². The van der Waals surface area contributed by atoms with Gasteiger partial charge in [-0.15, -0.1) is 0 Å². The molecule has 1 atom stereocenters. The fourth-order valence-electron chi connectivity index (χ4n) is 8.18. The summed E-state index contributed by atoms with van der Waals surface area (Å²) in [5.74, 6) is 0.824. The molecule has 0 saturated heterocycles. The van der Waals surface area contributed by atoms with Crippen LogP contribution in [0.5, 0.6) is 0 Å². The fourth-order valence-corrected chi connectivity index (χ4v) is 10.8. The van der Waals surface area contributed by atoms with Crippen molar-refractivity contribution in [2.75, 3.05) is 0 Å². The van der Waals surface area contributed by atoms with Crippen molar-refractivity contribution in [3.63, 3.8) is 0 Å². The minimum atomic E-state index is -3.15. The lowest BCUT2D eigenvalue weighted by Crippen LogP contribution is -2.17. The molecule has 0 bridgehead atoms. The van der Waals surface area contributed by atoms with Crippen molar-refractivity contribution in [2.24, 2.45) is 0 Å². The van der Waals surface area contributed by atoms with Crippen molar-refractivity contribution in [2.45, 2.75) is 0 Å². The molecule has 59 heavy (non-hydrogen) atoms. The van der Waals surface area contributed by atoms with E-state index in [1.807, 2.05) is 66.7 Å². The maximum atomic E-state index is 14.8.